The van der Waals surface area contributed by atoms with E-state index in [4.69, 9.17) is 4.74 Å². The average Bonchev–Trinajstić information content (AvgIpc) is 3.47. The van der Waals surface area contributed by atoms with Crippen LogP contribution in [0.5, 0.6) is 5.75 Å². The zero-order valence-corrected chi connectivity index (χ0v) is 20.0. The van der Waals surface area contributed by atoms with Crippen LogP contribution in [0.2, 0.25) is 0 Å². The van der Waals surface area contributed by atoms with Crippen LogP contribution in [-0.4, -0.2) is 34.1 Å². The Kier molecular flexibility index (Phi) is 5.06. The minimum Gasteiger partial charge on any atom is -0.457 e. The van der Waals surface area contributed by atoms with Crippen molar-refractivity contribution in [2.24, 2.45) is 0 Å². The van der Waals surface area contributed by atoms with Gasteiger partial charge in [0.15, 0.2) is 0 Å². The van der Waals surface area contributed by atoms with Gasteiger partial charge < -0.3 is 9.64 Å². The lowest BCUT2D eigenvalue weighted by Gasteiger charge is -2.49. The molecular formula is C29H29N3OS. The van der Waals surface area contributed by atoms with Crippen LogP contribution in [0.1, 0.15) is 42.5 Å². The molecule has 2 bridgehead atoms. The van der Waals surface area contributed by atoms with Crippen LogP contribution in [0, 0.1) is 0 Å². The zero-order valence-electron chi connectivity index (χ0n) is 19.2. The number of allylic oxidation sites excluding steroid dienone is 2. The second kappa shape index (κ2) is 8.40. The number of ether oxygens (including phenoxy) is 1. The number of pyridine rings is 1. The summed E-state index contributed by atoms with van der Waals surface area (Å²) in [6.07, 6.45) is 14.5. The molecule has 0 saturated carbocycles. The van der Waals surface area contributed by atoms with Crippen LogP contribution >= 0.6 is 11.3 Å². The Morgan fingerprint density at radius 1 is 0.971 bits per heavy atom. The molecule has 2 saturated heterocycles. The third-order valence-electron chi connectivity index (χ3n) is 8.06. The third kappa shape index (κ3) is 3.50. The Bertz CT molecular complexity index is 1220. The fraction of sp³-hybridized carbons (Fsp3) is 0.345. The number of piperidine rings is 1. The number of thiophene rings is 1. The zero-order chi connectivity index (χ0) is 22.5. The molecule has 0 amide bonds. The summed E-state index contributed by atoms with van der Waals surface area (Å²) in [6, 6.07) is 19.4. The highest BCUT2D eigenvalue weighted by atomic mass is 32.1. The summed E-state index contributed by atoms with van der Waals surface area (Å²) in [4.78, 5) is 11.3. The SMILES string of the molecule is C1=C(c2cccnc2)C=C2Oc3ccccc3N(C3CC4CCC(C3)N4Cc3cccs3)C2C1. The minimum absolute atomic E-state index is 0.267. The molecule has 5 heterocycles. The molecule has 7 rings (SSSR count). The molecule has 3 atom stereocenters. The van der Waals surface area contributed by atoms with Gasteiger partial charge in [-0.3, -0.25) is 9.88 Å². The molecule has 3 aliphatic heterocycles. The van der Waals surface area contributed by atoms with E-state index in [-0.39, 0.29) is 6.04 Å². The maximum absolute atomic E-state index is 6.52. The second-order valence-electron chi connectivity index (χ2n) is 9.94. The lowest BCUT2D eigenvalue weighted by Crippen LogP contribution is -2.55. The number of fused-ring (bicyclic) bond motifs is 4. The highest BCUT2D eigenvalue weighted by Gasteiger charge is 2.46. The van der Waals surface area contributed by atoms with Gasteiger partial charge in [-0.25, -0.2) is 0 Å². The van der Waals surface area contributed by atoms with Crippen molar-refractivity contribution in [3.05, 3.63) is 94.7 Å². The molecule has 34 heavy (non-hydrogen) atoms. The van der Waals surface area contributed by atoms with Gasteiger partial charge in [0, 0.05) is 41.9 Å². The van der Waals surface area contributed by atoms with E-state index in [0.717, 1.165) is 30.0 Å². The predicted octanol–water partition coefficient (Wildman–Crippen LogP) is 6.28. The lowest BCUT2D eigenvalue weighted by molar-refractivity contribution is 0.114. The number of aromatic nitrogens is 1. The van der Waals surface area contributed by atoms with Crippen molar-refractivity contribution in [2.45, 2.75) is 62.8 Å². The number of rotatable bonds is 4. The van der Waals surface area contributed by atoms with E-state index in [0.29, 0.717) is 18.1 Å². The summed E-state index contributed by atoms with van der Waals surface area (Å²) in [5.41, 5.74) is 3.63. The Balaban J connectivity index is 1.19. The molecule has 4 nitrogen and oxygen atoms in total. The molecule has 5 heteroatoms. The van der Waals surface area contributed by atoms with Gasteiger partial charge >= 0.3 is 0 Å². The van der Waals surface area contributed by atoms with Crippen molar-refractivity contribution < 1.29 is 4.74 Å². The number of para-hydroxylation sites is 2. The van der Waals surface area contributed by atoms with Crippen molar-refractivity contribution in [2.75, 3.05) is 4.90 Å². The Morgan fingerprint density at radius 2 is 1.85 bits per heavy atom. The Morgan fingerprint density at radius 3 is 2.65 bits per heavy atom. The quantitative estimate of drug-likeness (QED) is 0.452. The molecule has 2 fully saturated rings. The predicted molar refractivity (Wildman–Crippen MR) is 138 cm³/mol. The van der Waals surface area contributed by atoms with Gasteiger partial charge in [-0.05, 0) is 79.0 Å². The normalized spacial score (nSPS) is 27.9. The topological polar surface area (TPSA) is 28.6 Å². The van der Waals surface area contributed by atoms with Gasteiger partial charge in [-0.15, -0.1) is 11.3 Å². The summed E-state index contributed by atoms with van der Waals surface area (Å²) in [6.45, 7) is 1.12. The maximum Gasteiger partial charge on any atom is 0.150 e. The second-order valence-corrected chi connectivity index (χ2v) is 11.0. The molecule has 3 aromatic rings. The van der Waals surface area contributed by atoms with E-state index < -0.39 is 0 Å². The first-order chi connectivity index (χ1) is 16.8. The third-order valence-corrected chi connectivity index (χ3v) is 8.92. The standard InChI is InChI=1S/C29H29N3OS/c1-2-8-28-26(7-1)32(27-12-9-20(15-29(27)33-28)21-5-3-13-30-18-21)24-16-22-10-11-23(17-24)31(22)19-25-6-4-14-34-25/h1-9,13-15,18,22-24,27H,10-12,16-17,19H2. The number of hydrogen-bond donors (Lipinski definition) is 0. The van der Waals surface area contributed by atoms with Gasteiger partial charge in [-0.2, -0.15) is 0 Å². The average molecular weight is 468 g/mol. The van der Waals surface area contributed by atoms with E-state index in [9.17, 15) is 0 Å². The number of hydrogen-bond acceptors (Lipinski definition) is 5. The van der Waals surface area contributed by atoms with Gasteiger partial charge in [0.05, 0.1) is 11.7 Å². The van der Waals surface area contributed by atoms with Crippen LogP contribution in [0.4, 0.5) is 5.69 Å². The molecule has 2 aromatic heterocycles. The highest BCUT2D eigenvalue weighted by molar-refractivity contribution is 7.09. The van der Waals surface area contributed by atoms with Gasteiger partial charge in [-0.1, -0.05) is 30.3 Å². The fourth-order valence-corrected chi connectivity index (χ4v) is 7.27. The Hall–Kier alpha value is -2.89. The molecule has 0 radical (unpaired) electrons. The van der Waals surface area contributed by atoms with E-state index in [1.165, 1.54) is 41.8 Å². The Labute approximate surface area is 205 Å². The van der Waals surface area contributed by atoms with Gasteiger partial charge in [0.25, 0.3) is 0 Å². The molecule has 4 aliphatic rings. The number of nitrogens with zero attached hydrogens (tertiary/aromatic N) is 3. The molecule has 0 N–H and O–H groups in total. The summed E-state index contributed by atoms with van der Waals surface area (Å²) >= 11 is 1.89. The molecule has 0 spiro atoms. The van der Waals surface area contributed by atoms with E-state index in [1.807, 2.05) is 29.8 Å². The minimum atomic E-state index is 0.267. The smallest absolute Gasteiger partial charge is 0.150 e. The van der Waals surface area contributed by atoms with E-state index in [2.05, 4.69) is 74.8 Å². The van der Waals surface area contributed by atoms with Crippen molar-refractivity contribution in [1.29, 1.82) is 0 Å². The van der Waals surface area contributed by atoms with Crippen molar-refractivity contribution >= 4 is 22.6 Å². The van der Waals surface area contributed by atoms with Gasteiger partial charge in [0.2, 0.25) is 0 Å². The van der Waals surface area contributed by atoms with E-state index >= 15 is 0 Å². The van der Waals surface area contributed by atoms with E-state index in [1.54, 1.807) is 0 Å². The molecule has 1 aliphatic carbocycles. The lowest BCUT2D eigenvalue weighted by atomic mass is 9.89. The number of benzene rings is 1. The van der Waals surface area contributed by atoms with Gasteiger partial charge in [0.1, 0.15) is 11.5 Å². The maximum atomic E-state index is 6.52. The van der Waals surface area contributed by atoms with Crippen molar-refractivity contribution in [3.63, 3.8) is 0 Å². The molecule has 3 unspecified atom stereocenters. The van der Waals surface area contributed by atoms with Crippen LogP contribution in [0.15, 0.2) is 84.2 Å². The molecular weight excluding hydrogens is 438 g/mol. The first-order valence-corrected chi connectivity index (χ1v) is 13.4. The van der Waals surface area contributed by atoms with Crippen LogP contribution in [-0.2, 0) is 6.54 Å². The first-order valence-electron chi connectivity index (χ1n) is 12.5. The summed E-state index contributed by atoms with van der Waals surface area (Å²) < 4.78 is 6.52. The van der Waals surface area contributed by atoms with Crippen LogP contribution in [0.25, 0.3) is 5.57 Å². The fourth-order valence-electron chi connectivity index (χ4n) is 6.56. The van der Waals surface area contributed by atoms with Crippen molar-refractivity contribution in [1.82, 2.24) is 9.88 Å². The summed E-state index contributed by atoms with van der Waals surface area (Å²) in [5, 5.41) is 2.21. The van der Waals surface area contributed by atoms with Crippen LogP contribution in [0.3, 0.4) is 0 Å². The first kappa shape index (κ1) is 20.5. The summed E-state index contributed by atoms with van der Waals surface area (Å²) in [5.74, 6) is 2.07. The highest BCUT2D eigenvalue weighted by Crippen LogP contribution is 2.47. The summed E-state index contributed by atoms with van der Waals surface area (Å²) in [7, 11) is 0. The monoisotopic (exact) mass is 467 g/mol. The number of anilines is 1. The van der Waals surface area contributed by atoms with Crippen LogP contribution < -0.4 is 9.64 Å². The van der Waals surface area contributed by atoms with Crippen molar-refractivity contribution in [3.8, 4) is 5.75 Å². The molecule has 172 valence electrons. The molecule has 1 aromatic carbocycles. The largest absolute Gasteiger partial charge is 0.457 e.